The molecule has 0 radical (unpaired) electrons. The van der Waals surface area contributed by atoms with E-state index in [-0.39, 0.29) is 12.8 Å². The third-order valence-corrected chi connectivity index (χ3v) is 4.96. The number of methoxy groups -OCH3 is 1. The Morgan fingerprint density at radius 2 is 1.41 bits per heavy atom. The molecule has 0 fully saturated rings. The molecule has 3 N–H and O–H groups in total. The summed E-state index contributed by atoms with van der Waals surface area (Å²) in [4.78, 5) is 37.3. The lowest BCUT2D eigenvalue weighted by Crippen LogP contribution is -2.49. The number of amides is 2. The van der Waals surface area contributed by atoms with Gasteiger partial charge in [0.05, 0.1) is 25.7 Å². The van der Waals surface area contributed by atoms with E-state index in [1.807, 2.05) is 60.7 Å². The quantitative estimate of drug-likeness (QED) is 0.460. The van der Waals surface area contributed by atoms with E-state index in [0.29, 0.717) is 6.42 Å². The molecule has 0 saturated carbocycles. The highest BCUT2D eigenvalue weighted by molar-refractivity contribution is 5.85. The first-order chi connectivity index (χ1) is 16.1. The minimum Gasteiger partial charge on any atom is -0.467 e. The molecule has 0 spiro atoms. The molecular weight excluding hydrogens is 436 g/mol. The van der Waals surface area contributed by atoms with E-state index >= 15 is 0 Å². The highest BCUT2D eigenvalue weighted by Gasteiger charge is 2.29. The lowest BCUT2D eigenvalue weighted by molar-refractivity contribution is -0.145. The van der Waals surface area contributed by atoms with Gasteiger partial charge in [-0.05, 0) is 38.3 Å². The molecule has 2 amide bonds. The van der Waals surface area contributed by atoms with Crippen LogP contribution in [0.5, 0.6) is 0 Å². The number of alkyl carbamates (subject to hydrolysis) is 1. The van der Waals surface area contributed by atoms with E-state index in [1.54, 1.807) is 20.8 Å². The van der Waals surface area contributed by atoms with Gasteiger partial charge in [-0.3, -0.25) is 4.79 Å². The molecule has 0 bridgehead atoms. The maximum Gasteiger partial charge on any atom is 0.407 e. The van der Waals surface area contributed by atoms with E-state index < -0.39 is 41.8 Å². The Hall–Kier alpha value is -3.39. The fourth-order valence-electron chi connectivity index (χ4n) is 3.38. The van der Waals surface area contributed by atoms with Crippen molar-refractivity contribution in [2.75, 3.05) is 7.11 Å². The van der Waals surface area contributed by atoms with Crippen molar-refractivity contribution in [3.8, 4) is 0 Å². The van der Waals surface area contributed by atoms with Gasteiger partial charge in [-0.25, -0.2) is 9.59 Å². The Balaban J connectivity index is 2.08. The number of aliphatic hydroxyl groups is 1. The normalized spacial score (nSPS) is 13.8. The van der Waals surface area contributed by atoms with Crippen molar-refractivity contribution in [2.24, 2.45) is 0 Å². The van der Waals surface area contributed by atoms with Crippen LogP contribution in [0.3, 0.4) is 0 Å². The van der Waals surface area contributed by atoms with Crippen molar-refractivity contribution in [3.05, 3.63) is 71.8 Å². The first-order valence-electron chi connectivity index (χ1n) is 11.2. The van der Waals surface area contributed by atoms with Gasteiger partial charge in [0, 0.05) is 6.42 Å². The standard InChI is InChI=1S/C26H34N2O6/c1-26(2,3)34-25(32)28-20(15-18-11-7-5-8-12-18)22(29)17-23(30)27-21(24(31)33-4)16-19-13-9-6-10-14-19/h5-14,20-22,29H,15-17H2,1-4H3,(H,27,30)(H,28,32)/t20-,21+,22-/m0/s1. The van der Waals surface area contributed by atoms with Crippen LogP contribution in [0.1, 0.15) is 38.3 Å². The van der Waals surface area contributed by atoms with Crippen molar-refractivity contribution in [1.29, 1.82) is 0 Å². The van der Waals surface area contributed by atoms with Crippen LogP contribution in [0, 0.1) is 0 Å². The van der Waals surface area contributed by atoms with Gasteiger partial charge in [-0.2, -0.15) is 0 Å². The average molecular weight is 471 g/mol. The minimum absolute atomic E-state index is 0.249. The molecule has 34 heavy (non-hydrogen) atoms. The highest BCUT2D eigenvalue weighted by Crippen LogP contribution is 2.12. The number of ether oxygens (including phenoxy) is 2. The average Bonchev–Trinajstić information content (AvgIpc) is 2.77. The van der Waals surface area contributed by atoms with Crippen LogP contribution in [0.25, 0.3) is 0 Å². The molecular formula is C26H34N2O6. The molecule has 3 atom stereocenters. The Bertz CT molecular complexity index is 927. The number of carbonyl (C=O) groups is 3. The molecule has 2 aromatic rings. The van der Waals surface area contributed by atoms with Crippen molar-refractivity contribution >= 4 is 18.0 Å². The van der Waals surface area contributed by atoms with E-state index in [2.05, 4.69) is 10.6 Å². The second-order valence-electron chi connectivity index (χ2n) is 9.05. The molecule has 0 aliphatic carbocycles. The summed E-state index contributed by atoms with van der Waals surface area (Å²) in [5.74, 6) is -1.12. The Labute approximate surface area is 200 Å². The summed E-state index contributed by atoms with van der Waals surface area (Å²) in [7, 11) is 1.25. The predicted octanol–water partition coefficient (Wildman–Crippen LogP) is 2.77. The number of esters is 1. The summed E-state index contributed by atoms with van der Waals surface area (Å²) in [5, 5.41) is 16.2. The summed E-state index contributed by atoms with van der Waals surface area (Å²) in [6.07, 6.45) is -1.69. The summed E-state index contributed by atoms with van der Waals surface area (Å²) < 4.78 is 10.1. The molecule has 184 valence electrons. The largest absolute Gasteiger partial charge is 0.467 e. The summed E-state index contributed by atoms with van der Waals surface area (Å²) >= 11 is 0. The number of nitrogens with one attached hydrogen (secondary N) is 2. The summed E-state index contributed by atoms with van der Waals surface area (Å²) in [5.41, 5.74) is 1.02. The van der Waals surface area contributed by atoms with Crippen LogP contribution in [-0.2, 0) is 31.9 Å². The molecule has 0 unspecified atom stereocenters. The van der Waals surface area contributed by atoms with E-state index in [0.717, 1.165) is 11.1 Å². The Morgan fingerprint density at radius 3 is 1.91 bits per heavy atom. The molecule has 2 aromatic carbocycles. The summed E-state index contributed by atoms with van der Waals surface area (Å²) in [6, 6.07) is 16.8. The first-order valence-corrected chi connectivity index (χ1v) is 11.2. The fourth-order valence-corrected chi connectivity index (χ4v) is 3.38. The Morgan fingerprint density at radius 1 is 0.882 bits per heavy atom. The van der Waals surface area contributed by atoms with Gasteiger partial charge in [0.15, 0.2) is 0 Å². The first kappa shape index (κ1) is 26.9. The van der Waals surface area contributed by atoms with Crippen LogP contribution in [-0.4, -0.2) is 54.0 Å². The van der Waals surface area contributed by atoms with Gasteiger partial charge in [-0.15, -0.1) is 0 Å². The third kappa shape index (κ3) is 9.62. The number of aliphatic hydroxyl groups excluding tert-OH is 1. The van der Waals surface area contributed by atoms with E-state index in [4.69, 9.17) is 9.47 Å². The number of hydrogen-bond donors (Lipinski definition) is 3. The van der Waals surface area contributed by atoms with E-state index in [1.165, 1.54) is 7.11 Å². The van der Waals surface area contributed by atoms with Crippen LogP contribution in [0.2, 0.25) is 0 Å². The third-order valence-electron chi connectivity index (χ3n) is 4.96. The Kier molecular flexibility index (Phi) is 10.1. The summed E-state index contributed by atoms with van der Waals surface area (Å²) in [6.45, 7) is 5.22. The van der Waals surface area contributed by atoms with Crippen LogP contribution < -0.4 is 10.6 Å². The fraction of sp³-hybridized carbons (Fsp3) is 0.423. The second-order valence-corrected chi connectivity index (χ2v) is 9.05. The molecule has 0 heterocycles. The lowest BCUT2D eigenvalue weighted by atomic mass is 9.98. The molecule has 0 saturated heterocycles. The number of carbonyl (C=O) groups excluding carboxylic acids is 3. The number of rotatable bonds is 10. The second kappa shape index (κ2) is 12.7. The van der Waals surface area contributed by atoms with Crippen LogP contribution in [0.4, 0.5) is 4.79 Å². The maximum absolute atomic E-state index is 12.7. The molecule has 0 aromatic heterocycles. The predicted molar refractivity (Wildman–Crippen MR) is 128 cm³/mol. The van der Waals surface area contributed by atoms with Crippen LogP contribution in [0.15, 0.2) is 60.7 Å². The zero-order valence-corrected chi connectivity index (χ0v) is 20.1. The van der Waals surface area contributed by atoms with Gasteiger partial charge < -0.3 is 25.2 Å². The number of benzene rings is 2. The van der Waals surface area contributed by atoms with Gasteiger partial charge in [0.25, 0.3) is 0 Å². The van der Waals surface area contributed by atoms with Crippen molar-refractivity contribution in [3.63, 3.8) is 0 Å². The molecule has 8 nitrogen and oxygen atoms in total. The van der Waals surface area contributed by atoms with E-state index in [9.17, 15) is 19.5 Å². The minimum atomic E-state index is -1.22. The van der Waals surface area contributed by atoms with Crippen molar-refractivity contribution < 1.29 is 29.0 Å². The van der Waals surface area contributed by atoms with Gasteiger partial charge in [-0.1, -0.05) is 60.7 Å². The van der Waals surface area contributed by atoms with Crippen molar-refractivity contribution in [2.45, 2.75) is 63.8 Å². The molecule has 2 rings (SSSR count). The molecule has 8 heteroatoms. The zero-order valence-electron chi connectivity index (χ0n) is 20.1. The topological polar surface area (TPSA) is 114 Å². The smallest absolute Gasteiger partial charge is 0.407 e. The van der Waals surface area contributed by atoms with Crippen LogP contribution >= 0.6 is 0 Å². The monoisotopic (exact) mass is 470 g/mol. The lowest BCUT2D eigenvalue weighted by Gasteiger charge is -2.27. The van der Waals surface area contributed by atoms with Gasteiger partial charge >= 0.3 is 12.1 Å². The number of hydrogen-bond acceptors (Lipinski definition) is 6. The maximum atomic E-state index is 12.7. The molecule has 0 aliphatic heterocycles. The van der Waals surface area contributed by atoms with Crippen molar-refractivity contribution in [1.82, 2.24) is 10.6 Å². The van der Waals surface area contributed by atoms with Gasteiger partial charge in [0.1, 0.15) is 11.6 Å². The zero-order chi connectivity index (χ0) is 25.1. The highest BCUT2D eigenvalue weighted by atomic mass is 16.6. The van der Waals surface area contributed by atoms with Gasteiger partial charge in [0.2, 0.25) is 5.91 Å². The SMILES string of the molecule is COC(=O)[C@@H](Cc1ccccc1)NC(=O)C[C@H](O)[C@H](Cc1ccccc1)NC(=O)OC(C)(C)C. The molecule has 0 aliphatic rings.